The highest BCUT2D eigenvalue weighted by atomic mass is 16.2. The van der Waals surface area contributed by atoms with Gasteiger partial charge in [0.05, 0.1) is 0 Å². The third-order valence-corrected chi connectivity index (χ3v) is 5.59. The first kappa shape index (κ1) is 22.0. The third-order valence-electron chi connectivity index (χ3n) is 5.59. The van der Waals surface area contributed by atoms with E-state index in [4.69, 9.17) is 5.73 Å². The summed E-state index contributed by atoms with van der Waals surface area (Å²) in [6.07, 6.45) is 0.848. The first-order valence-electron chi connectivity index (χ1n) is 10.7. The average Bonchev–Trinajstić information content (AvgIpc) is 2.79. The van der Waals surface area contributed by atoms with E-state index < -0.39 is 6.04 Å². The molecule has 2 aromatic rings. The average molecular weight is 409 g/mol. The number of benzene rings is 2. The largest absolute Gasteiger partial charge is 0.344 e. The van der Waals surface area contributed by atoms with Gasteiger partial charge in [-0.2, -0.15) is 0 Å². The minimum atomic E-state index is -0.540. The Morgan fingerprint density at radius 3 is 2.17 bits per heavy atom. The van der Waals surface area contributed by atoms with Crippen LogP contribution in [0, 0.1) is 0 Å². The zero-order valence-corrected chi connectivity index (χ0v) is 17.7. The van der Waals surface area contributed by atoms with Gasteiger partial charge in [0.15, 0.2) is 0 Å². The highest BCUT2D eigenvalue weighted by Crippen LogP contribution is 2.12. The Hall–Kier alpha value is -2.70. The highest BCUT2D eigenvalue weighted by molar-refractivity contribution is 5.88. The molecule has 3 rings (SSSR count). The molecule has 1 atom stereocenters. The number of nitrogens with one attached hydrogen (secondary N) is 1. The maximum atomic E-state index is 13.2. The summed E-state index contributed by atoms with van der Waals surface area (Å²) in [5.41, 5.74) is 9.02. The molecular formula is C24H32N4O2. The number of rotatable bonds is 8. The van der Waals surface area contributed by atoms with Gasteiger partial charge in [0.2, 0.25) is 11.8 Å². The molecule has 1 aliphatic heterocycles. The van der Waals surface area contributed by atoms with E-state index in [9.17, 15) is 9.59 Å². The van der Waals surface area contributed by atoms with Gasteiger partial charge in [0.1, 0.15) is 6.04 Å². The van der Waals surface area contributed by atoms with Crippen molar-refractivity contribution in [2.45, 2.75) is 38.9 Å². The molecule has 0 spiro atoms. The molecule has 160 valence electrons. The first-order valence-corrected chi connectivity index (χ1v) is 10.7. The molecule has 1 heterocycles. The maximum Gasteiger partial charge on any atom is 0.245 e. The molecule has 0 unspecified atom stereocenters. The first-order chi connectivity index (χ1) is 14.6. The van der Waals surface area contributed by atoms with Crippen LogP contribution >= 0.6 is 0 Å². The minimum absolute atomic E-state index is 0.000868. The summed E-state index contributed by atoms with van der Waals surface area (Å²) < 4.78 is 0. The molecule has 2 aromatic carbocycles. The molecule has 0 aromatic heterocycles. The van der Waals surface area contributed by atoms with Crippen molar-refractivity contribution >= 4 is 11.8 Å². The fourth-order valence-electron chi connectivity index (χ4n) is 3.73. The monoisotopic (exact) mass is 408 g/mol. The maximum absolute atomic E-state index is 13.2. The quantitative estimate of drug-likeness (QED) is 0.700. The predicted octanol–water partition coefficient (Wildman–Crippen LogP) is 1.93. The van der Waals surface area contributed by atoms with E-state index in [-0.39, 0.29) is 11.8 Å². The van der Waals surface area contributed by atoms with Crippen LogP contribution in [0.4, 0.5) is 0 Å². The Balaban J connectivity index is 1.60. The van der Waals surface area contributed by atoms with Gasteiger partial charge in [-0.25, -0.2) is 0 Å². The summed E-state index contributed by atoms with van der Waals surface area (Å²) in [6.45, 7) is 6.21. The molecule has 6 heteroatoms. The van der Waals surface area contributed by atoms with Gasteiger partial charge in [-0.3, -0.25) is 14.5 Å². The van der Waals surface area contributed by atoms with Crippen LogP contribution in [-0.4, -0.2) is 53.8 Å². The van der Waals surface area contributed by atoms with Crippen LogP contribution in [0.2, 0.25) is 0 Å². The number of hydrogen-bond donors (Lipinski definition) is 2. The Kier molecular flexibility index (Phi) is 7.99. The number of nitrogens with two attached hydrogens (primary N) is 1. The van der Waals surface area contributed by atoms with Crippen LogP contribution in [0.3, 0.4) is 0 Å². The van der Waals surface area contributed by atoms with Gasteiger partial charge in [0, 0.05) is 52.1 Å². The van der Waals surface area contributed by atoms with Gasteiger partial charge in [-0.15, -0.1) is 0 Å². The lowest BCUT2D eigenvalue weighted by Crippen LogP contribution is -2.55. The third kappa shape index (κ3) is 6.15. The topological polar surface area (TPSA) is 78.7 Å². The summed E-state index contributed by atoms with van der Waals surface area (Å²) in [4.78, 5) is 29.5. The highest BCUT2D eigenvalue weighted by Gasteiger charge is 2.28. The van der Waals surface area contributed by atoms with Crippen molar-refractivity contribution in [2.24, 2.45) is 5.73 Å². The van der Waals surface area contributed by atoms with Crippen LogP contribution in [0.1, 0.15) is 30.0 Å². The van der Waals surface area contributed by atoms with Gasteiger partial charge in [-0.05, 0) is 16.7 Å². The lowest BCUT2D eigenvalue weighted by atomic mass is 10.0. The second kappa shape index (κ2) is 10.9. The van der Waals surface area contributed by atoms with Crippen molar-refractivity contribution < 1.29 is 9.59 Å². The molecule has 6 nitrogen and oxygen atoms in total. The van der Waals surface area contributed by atoms with Crippen molar-refractivity contribution in [3.05, 3.63) is 71.3 Å². The van der Waals surface area contributed by atoms with Crippen LogP contribution < -0.4 is 11.1 Å². The van der Waals surface area contributed by atoms with Crippen molar-refractivity contribution in [1.82, 2.24) is 15.1 Å². The molecule has 1 aliphatic rings. The summed E-state index contributed by atoms with van der Waals surface area (Å²) in [6, 6.07) is 17.8. The molecule has 3 N–H and O–H groups in total. The lowest BCUT2D eigenvalue weighted by molar-refractivity contribution is -0.138. The van der Waals surface area contributed by atoms with E-state index in [1.165, 1.54) is 5.56 Å². The van der Waals surface area contributed by atoms with Crippen molar-refractivity contribution in [1.29, 1.82) is 0 Å². The molecule has 1 saturated heterocycles. The van der Waals surface area contributed by atoms with Crippen molar-refractivity contribution in [3.63, 3.8) is 0 Å². The van der Waals surface area contributed by atoms with E-state index in [1.807, 2.05) is 35.2 Å². The Labute approximate surface area is 179 Å². The molecule has 0 radical (unpaired) electrons. The number of hydrogen-bond acceptors (Lipinski definition) is 4. The summed E-state index contributed by atoms with van der Waals surface area (Å²) in [7, 11) is 0. The van der Waals surface area contributed by atoms with E-state index in [0.29, 0.717) is 32.5 Å². The Morgan fingerprint density at radius 2 is 1.57 bits per heavy atom. The van der Waals surface area contributed by atoms with Crippen molar-refractivity contribution in [2.75, 3.05) is 26.2 Å². The molecule has 2 amide bonds. The van der Waals surface area contributed by atoms with E-state index in [1.54, 1.807) is 6.92 Å². The SMILES string of the molecule is CCC(=O)N[C@H](Cc1ccc(CN)cc1)C(=O)N1CCN(Cc2ccccc2)CC1. The number of amides is 2. The van der Waals surface area contributed by atoms with Crippen LogP contribution in [0.15, 0.2) is 54.6 Å². The predicted molar refractivity (Wildman–Crippen MR) is 119 cm³/mol. The summed E-state index contributed by atoms with van der Waals surface area (Å²) in [5, 5.41) is 2.92. The second-order valence-corrected chi connectivity index (χ2v) is 7.79. The molecule has 0 bridgehead atoms. The zero-order chi connectivity index (χ0) is 21.3. The minimum Gasteiger partial charge on any atom is -0.344 e. The van der Waals surface area contributed by atoms with E-state index >= 15 is 0 Å². The number of piperazine rings is 1. The lowest BCUT2D eigenvalue weighted by Gasteiger charge is -2.36. The van der Waals surface area contributed by atoms with Gasteiger partial charge < -0.3 is 16.0 Å². The zero-order valence-electron chi connectivity index (χ0n) is 17.7. The number of carbonyl (C=O) groups excluding carboxylic acids is 2. The molecule has 0 aliphatic carbocycles. The van der Waals surface area contributed by atoms with E-state index in [0.717, 1.165) is 30.8 Å². The van der Waals surface area contributed by atoms with Gasteiger partial charge >= 0.3 is 0 Å². The number of nitrogens with zero attached hydrogens (tertiary/aromatic N) is 2. The fraction of sp³-hybridized carbons (Fsp3) is 0.417. The standard InChI is InChI=1S/C24H32N4O2/c1-2-23(29)26-22(16-19-8-10-20(17-25)11-9-19)24(30)28-14-12-27(13-15-28)18-21-6-4-3-5-7-21/h3-11,22H,2,12-18,25H2,1H3,(H,26,29)/t22-/m1/s1. The Bertz CT molecular complexity index is 815. The molecule has 0 saturated carbocycles. The molecule has 30 heavy (non-hydrogen) atoms. The smallest absolute Gasteiger partial charge is 0.245 e. The molecular weight excluding hydrogens is 376 g/mol. The normalized spacial score (nSPS) is 15.6. The summed E-state index contributed by atoms with van der Waals surface area (Å²) in [5.74, 6) is -0.103. The molecule has 1 fully saturated rings. The summed E-state index contributed by atoms with van der Waals surface area (Å²) >= 11 is 0. The van der Waals surface area contributed by atoms with E-state index in [2.05, 4.69) is 34.5 Å². The fourth-order valence-corrected chi connectivity index (χ4v) is 3.73. The Morgan fingerprint density at radius 1 is 0.933 bits per heavy atom. The van der Waals surface area contributed by atoms with Crippen LogP contribution in [0.25, 0.3) is 0 Å². The van der Waals surface area contributed by atoms with Crippen LogP contribution in [-0.2, 0) is 29.1 Å². The van der Waals surface area contributed by atoms with Crippen molar-refractivity contribution in [3.8, 4) is 0 Å². The van der Waals surface area contributed by atoms with Gasteiger partial charge in [0.25, 0.3) is 0 Å². The van der Waals surface area contributed by atoms with Gasteiger partial charge in [-0.1, -0.05) is 61.5 Å². The second-order valence-electron chi connectivity index (χ2n) is 7.79. The number of carbonyl (C=O) groups is 2. The van der Waals surface area contributed by atoms with Crippen LogP contribution in [0.5, 0.6) is 0 Å².